The molecule has 6 nitrogen and oxygen atoms in total. The zero-order valence-corrected chi connectivity index (χ0v) is 10.8. The summed E-state index contributed by atoms with van der Waals surface area (Å²) in [5.41, 5.74) is 4.08. The van der Waals surface area contributed by atoms with Gasteiger partial charge in [0.25, 0.3) is 5.69 Å². The molecule has 0 saturated carbocycles. The van der Waals surface area contributed by atoms with Crippen molar-refractivity contribution in [2.45, 2.75) is 6.92 Å². The van der Waals surface area contributed by atoms with E-state index in [0.29, 0.717) is 11.3 Å². The first-order chi connectivity index (χ1) is 9.60. The Morgan fingerprint density at radius 2 is 1.95 bits per heavy atom. The van der Waals surface area contributed by atoms with Crippen molar-refractivity contribution in [3.05, 3.63) is 69.8 Å². The fourth-order valence-electron chi connectivity index (χ4n) is 1.67. The van der Waals surface area contributed by atoms with Crippen molar-refractivity contribution in [1.82, 2.24) is 5.48 Å². The number of nitro benzene ring substituents is 1. The summed E-state index contributed by atoms with van der Waals surface area (Å²) in [5, 5.41) is 19.9. The van der Waals surface area contributed by atoms with Crippen LogP contribution in [0.5, 0.6) is 0 Å². The Hall–Kier alpha value is -2.73. The molecule has 0 atom stereocenters. The van der Waals surface area contributed by atoms with E-state index in [4.69, 9.17) is 0 Å². The summed E-state index contributed by atoms with van der Waals surface area (Å²) in [6.45, 7) is 1.96. The van der Waals surface area contributed by atoms with E-state index in [1.54, 1.807) is 18.2 Å². The fourth-order valence-corrected chi connectivity index (χ4v) is 1.67. The molecule has 0 heterocycles. The van der Waals surface area contributed by atoms with Crippen molar-refractivity contribution in [1.29, 1.82) is 0 Å². The maximum Gasteiger partial charge on any atom is 0.270 e. The Labute approximate surface area is 115 Å². The van der Waals surface area contributed by atoms with Crippen LogP contribution in [0.15, 0.2) is 53.5 Å². The monoisotopic (exact) mass is 271 g/mol. The summed E-state index contributed by atoms with van der Waals surface area (Å²) in [4.78, 5) is 14.5. The van der Waals surface area contributed by atoms with E-state index in [-0.39, 0.29) is 11.5 Å². The maximum atomic E-state index is 10.7. The lowest BCUT2D eigenvalue weighted by molar-refractivity contribution is -0.384. The van der Waals surface area contributed by atoms with Gasteiger partial charge in [-0.25, -0.2) is 4.99 Å². The molecule has 0 aromatic heterocycles. The number of nitro groups is 1. The van der Waals surface area contributed by atoms with Crippen molar-refractivity contribution in [3.8, 4) is 0 Å². The number of nitrogens with zero attached hydrogens (tertiary/aromatic N) is 2. The fraction of sp³-hybridized carbons (Fsp3) is 0.0714. The van der Waals surface area contributed by atoms with Gasteiger partial charge in [0.1, 0.15) is 0 Å². The summed E-state index contributed by atoms with van der Waals surface area (Å²) in [6, 6.07) is 13.3. The summed E-state index contributed by atoms with van der Waals surface area (Å²) < 4.78 is 0. The number of benzene rings is 2. The van der Waals surface area contributed by atoms with Gasteiger partial charge in [0.05, 0.1) is 10.6 Å². The van der Waals surface area contributed by atoms with Crippen LogP contribution in [0.1, 0.15) is 11.1 Å². The quantitative estimate of drug-likeness (QED) is 0.389. The average Bonchev–Trinajstić information content (AvgIpc) is 2.46. The molecule has 0 aliphatic rings. The van der Waals surface area contributed by atoms with E-state index in [1.165, 1.54) is 18.2 Å². The normalized spacial score (nSPS) is 11.2. The third-order valence-electron chi connectivity index (χ3n) is 2.71. The molecule has 0 aliphatic heterocycles. The van der Waals surface area contributed by atoms with E-state index in [1.807, 2.05) is 24.5 Å². The number of nitrogens with one attached hydrogen (secondary N) is 1. The number of amidine groups is 1. The van der Waals surface area contributed by atoms with Crippen LogP contribution in [0.25, 0.3) is 0 Å². The van der Waals surface area contributed by atoms with E-state index in [0.717, 1.165) is 5.56 Å². The SMILES string of the molecule is Cc1ccc(N=C(NO)c2cccc([N+](=O)[O-])c2)cc1. The van der Waals surface area contributed by atoms with Crippen molar-refractivity contribution in [3.63, 3.8) is 0 Å². The van der Waals surface area contributed by atoms with Gasteiger partial charge in [0.15, 0.2) is 5.84 Å². The Morgan fingerprint density at radius 3 is 2.55 bits per heavy atom. The first-order valence-electron chi connectivity index (χ1n) is 5.90. The second-order valence-corrected chi connectivity index (χ2v) is 4.22. The maximum absolute atomic E-state index is 10.7. The third kappa shape index (κ3) is 3.18. The molecule has 2 N–H and O–H groups in total. The number of aliphatic imine (C=N–C) groups is 1. The topological polar surface area (TPSA) is 87.8 Å². The molecular formula is C14H13N3O3. The highest BCUT2D eigenvalue weighted by atomic mass is 16.6. The molecule has 0 fully saturated rings. The molecule has 0 unspecified atom stereocenters. The Morgan fingerprint density at radius 1 is 1.25 bits per heavy atom. The molecule has 0 saturated heterocycles. The van der Waals surface area contributed by atoms with E-state index in [2.05, 4.69) is 4.99 Å². The molecule has 2 rings (SSSR count). The summed E-state index contributed by atoms with van der Waals surface area (Å²) in [6.07, 6.45) is 0. The van der Waals surface area contributed by atoms with Crippen LogP contribution in [0.4, 0.5) is 11.4 Å². The average molecular weight is 271 g/mol. The second kappa shape index (κ2) is 5.94. The minimum absolute atomic E-state index is 0.0608. The minimum atomic E-state index is -0.496. The number of hydrogen-bond donors (Lipinski definition) is 2. The zero-order chi connectivity index (χ0) is 14.5. The van der Waals surface area contributed by atoms with Crippen LogP contribution in [-0.2, 0) is 0 Å². The van der Waals surface area contributed by atoms with Crippen LogP contribution in [0.2, 0.25) is 0 Å². The van der Waals surface area contributed by atoms with Gasteiger partial charge in [-0.1, -0.05) is 29.8 Å². The van der Waals surface area contributed by atoms with E-state index >= 15 is 0 Å². The predicted molar refractivity (Wildman–Crippen MR) is 75.4 cm³/mol. The van der Waals surface area contributed by atoms with Crippen molar-refractivity contribution in [2.75, 3.05) is 0 Å². The standard InChI is InChI=1S/C14H13N3O3/c1-10-5-7-12(8-6-10)15-14(16-18)11-3-2-4-13(9-11)17(19)20/h2-9,18H,1H3,(H,15,16). The first kappa shape index (κ1) is 13.7. The number of aryl methyl sites for hydroxylation is 1. The van der Waals surface area contributed by atoms with Crippen LogP contribution >= 0.6 is 0 Å². The molecule has 0 bridgehead atoms. The summed E-state index contributed by atoms with van der Waals surface area (Å²) in [7, 11) is 0. The van der Waals surface area contributed by atoms with Crippen LogP contribution in [0.3, 0.4) is 0 Å². The van der Waals surface area contributed by atoms with Gasteiger partial charge in [0.2, 0.25) is 0 Å². The molecule has 20 heavy (non-hydrogen) atoms. The minimum Gasteiger partial charge on any atom is -0.290 e. The molecule has 0 radical (unpaired) electrons. The van der Waals surface area contributed by atoms with Crippen LogP contribution in [-0.4, -0.2) is 16.0 Å². The Balaban J connectivity index is 2.39. The summed E-state index contributed by atoms with van der Waals surface area (Å²) in [5.74, 6) is 0.151. The number of rotatable bonds is 3. The van der Waals surface area contributed by atoms with Gasteiger partial charge in [-0.3, -0.25) is 20.8 Å². The molecule has 0 amide bonds. The highest BCUT2D eigenvalue weighted by Crippen LogP contribution is 2.17. The molecule has 6 heteroatoms. The zero-order valence-electron chi connectivity index (χ0n) is 10.8. The summed E-state index contributed by atoms with van der Waals surface area (Å²) >= 11 is 0. The lowest BCUT2D eigenvalue weighted by atomic mass is 10.2. The van der Waals surface area contributed by atoms with Crippen molar-refractivity contribution >= 4 is 17.2 Å². The van der Waals surface area contributed by atoms with Crippen LogP contribution in [0, 0.1) is 17.0 Å². The first-order valence-corrected chi connectivity index (χ1v) is 5.90. The largest absolute Gasteiger partial charge is 0.290 e. The molecular weight excluding hydrogens is 258 g/mol. The molecule has 0 spiro atoms. The van der Waals surface area contributed by atoms with E-state index < -0.39 is 4.92 Å². The number of hydrogen-bond acceptors (Lipinski definition) is 4. The van der Waals surface area contributed by atoms with Gasteiger partial charge in [-0.15, -0.1) is 0 Å². The van der Waals surface area contributed by atoms with Crippen molar-refractivity contribution < 1.29 is 10.1 Å². The van der Waals surface area contributed by atoms with Gasteiger partial charge in [-0.05, 0) is 19.1 Å². The van der Waals surface area contributed by atoms with Gasteiger partial charge in [-0.2, -0.15) is 0 Å². The Kier molecular flexibility index (Phi) is 4.07. The Bertz CT molecular complexity index is 651. The predicted octanol–water partition coefficient (Wildman–Crippen LogP) is 2.96. The third-order valence-corrected chi connectivity index (χ3v) is 2.71. The second-order valence-electron chi connectivity index (χ2n) is 4.22. The molecule has 0 aliphatic carbocycles. The molecule has 102 valence electrons. The smallest absolute Gasteiger partial charge is 0.270 e. The van der Waals surface area contributed by atoms with Gasteiger partial charge in [0, 0.05) is 17.7 Å². The highest BCUT2D eigenvalue weighted by molar-refractivity contribution is 6.00. The molecule has 2 aromatic rings. The number of non-ortho nitro benzene ring substituents is 1. The van der Waals surface area contributed by atoms with Gasteiger partial charge >= 0.3 is 0 Å². The van der Waals surface area contributed by atoms with Crippen molar-refractivity contribution in [2.24, 2.45) is 4.99 Å². The molecule has 2 aromatic carbocycles. The van der Waals surface area contributed by atoms with E-state index in [9.17, 15) is 15.3 Å². The lowest BCUT2D eigenvalue weighted by Gasteiger charge is -2.05. The van der Waals surface area contributed by atoms with Gasteiger partial charge < -0.3 is 0 Å². The number of hydroxylamine groups is 1. The van der Waals surface area contributed by atoms with Crippen LogP contribution < -0.4 is 5.48 Å². The highest BCUT2D eigenvalue weighted by Gasteiger charge is 2.09. The lowest BCUT2D eigenvalue weighted by Crippen LogP contribution is -2.20.